The average Bonchev–Trinajstić information content (AvgIpc) is 3.00. The SMILES string of the molecule is O=C(NC(CCN(CCCCc1ccc2c(n1)NCCC2)CCOc1ccccc1)C(=O)O)OCc1ccccc1. The second kappa shape index (κ2) is 16.2. The molecular formula is C32H40N4O5. The molecule has 1 aromatic heterocycles. The molecule has 41 heavy (non-hydrogen) atoms. The number of fused-ring (bicyclic) bond motifs is 1. The topological polar surface area (TPSA) is 113 Å². The van der Waals surface area contributed by atoms with E-state index in [0.717, 1.165) is 68.0 Å². The first-order chi connectivity index (χ1) is 20.1. The summed E-state index contributed by atoms with van der Waals surface area (Å²) in [5.41, 5.74) is 3.21. The summed E-state index contributed by atoms with van der Waals surface area (Å²) in [6.07, 6.45) is 4.51. The molecule has 0 spiro atoms. The van der Waals surface area contributed by atoms with E-state index in [9.17, 15) is 14.7 Å². The van der Waals surface area contributed by atoms with E-state index in [1.54, 1.807) is 0 Å². The lowest BCUT2D eigenvalue weighted by molar-refractivity contribution is -0.139. The van der Waals surface area contributed by atoms with Crippen LogP contribution in [0.2, 0.25) is 0 Å². The van der Waals surface area contributed by atoms with Gasteiger partial charge in [-0.1, -0.05) is 54.6 Å². The zero-order valence-corrected chi connectivity index (χ0v) is 23.5. The molecule has 2 heterocycles. The van der Waals surface area contributed by atoms with Gasteiger partial charge >= 0.3 is 12.1 Å². The summed E-state index contributed by atoms with van der Waals surface area (Å²) in [7, 11) is 0. The first-order valence-electron chi connectivity index (χ1n) is 14.4. The number of aryl methyl sites for hydroxylation is 2. The molecule has 0 aliphatic carbocycles. The largest absolute Gasteiger partial charge is 0.492 e. The number of amides is 1. The molecule has 3 aromatic rings. The second-order valence-electron chi connectivity index (χ2n) is 10.2. The van der Waals surface area contributed by atoms with Gasteiger partial charge in [0.25, 0.3) is 0 Å². The molecule has 0 radical (unpaired) electrons. The minimum absolute atomic E-state index is 0.0805. The Labute approximate surface area is 241 Å². The van der Waals surface area contributed by atoms with Gasteiger partial charge in [-0.15, -0.1) is 0 Å². The Hall–Kier alpha value is -4.11. The number of nitrogens with one attached hydrogen (secondary N) is 2. The van der Waals surface area contributed by atoms with E-state index in [4.69, 9.17) is 14.5 Å². The van der Waals surface area contributed by atoms with Crippen LogP contribution in [0.15, 0.2) is 72.8 Å². The van der Waals surface area contributed by atoms with Crippen molar-refractivity contribution in [3.8, 4) is 5.75 Å². The van der Waals surface area contributed by atoms with Crippen molar-refractivity contribution in [3.05, 3.63) is 89.6 Å². The third-order valence-electron chi connectivity index (χ3n) is 7.07. The van der Waals surface area contributed by atoms with Crippen molar-refractivity contribution < 1.29 is 24.2 Å². The Morgan fingerprint density at radius 2 is 1.76 bits per heavy atom. The predicted molar refractivity (Wildman–Crippen MR) is 158 cm³/mol. The first-order valence-corrected chi connectivity index (χ1v) is 14.4. The number of aliphatic carboxylic acids is 1. The van der Waals surface area contributed by atoms with Gasteiger partial charge in [-0.3, -0.25) is 4.90 Å². The van der Waals surface area contributed by atoms with Crippen molar-refractivity contribution in [3.63, 3.8) is 0 Å². The molecule has 0 fully saturated rings. The molecule has 1 atom stereocenters. The maximum Gasteiger partial charge on any atom is 0.408 e. The lowest BCUT2D eigenvalue weighted by Gasteiger charge is -2.24. The molecule has 1 aliphatic rings. The molecule has 0 bridgehead atoms. The highest BCUT2D eigenvalue weighted by atomic mass is 16.5. The number of alkyl carbamates (subject to hydrolysis) is 1. The summed E-state index contributed by atoms with van der Waals surface area (Å²) in [6, 6.07) is 22.1. The fourth-order valence-corrected chi connectivity index (χ4v) is 4.77. The maximum absolute atomic E-state index is 12.3. The molecule has 4 rings (SSSR count). The number of ether oxygens (including phenoxy) is 2. The Bertz CT molecular complexity index is 1230. The second-order valence-corrected chi connectivity index (χ2v) is 10.2. The van der Waals surface area contributed by atoms with Crippen LogP contribution < -0.4 is 15.4 Å². The van der Waals surface area contributed by atoms with Gasteiger partial charge in [0, 0.05) is 25.3 Å². The van der Waals surface area contributed by atoms with Gasteiger partial charge in [0.1, 0.15) is 30.8 Å². The molecular weight excluding hydrogens is 520 g/mol. The minimum atomic E-state index is -1.09. The number of carboxylic acids is 1. The van der Waals surface area contributed by atoms with Gasteiger partial charge in [0.2, 0.25) is 0 Å². The van der Waals surface area contributed by atoms with E-state index in [-0.39, 0.29) is 13.0 Å². The summed E-state index contributed by atoms with van der Waals surface area (Å²) in [5.74, 6) is 0.725. The zero-order chi connectivity index (χ0) is 28.7. The monoisotopic (exact) mass is 560 g/mol. The number of aromatic nitrogens is 1. The Morgan fingerprint density at radius 1 is 0.976 bits per heavy atom. The Morgan fingerprint density at radius 3 is 2.54 bits per heavy atom. The summed E-state index contributed by atoms with van der Waals surface area (Å²) in [6.45, 7) is 3.45. The summed E-state index contributed by atoms with van der Waals surface area (Å²) in [5, 5.41) is 15.6. The van der Waals surface area contributed by atoms with Crippen molar-refractivity contribution in [2.75, 3.05) is 38.1 Å². The van der Waals surface area contributed by atoms with Gasteiger partial charge in [-0.05, 0) is 74.4 Å². The summed E-state index contributed by atoms with van der Waals surface area (Å²) >= 11 is 0. The van der Waals surface area contributed by atoms with Crippen molar-refractivity contribution >= 4 is 17.9 Å². The number of pyridine rings is 1. The standard InChI is InChI=1S/C32H40N4O5/c37-31(38)29(35-32(39)41-24-25-10-3-1-4-11-25)18-21-36(22-23-40-28-14-5-2-6-15-28)20-8-7-13-27-17-16-26-12-9-19-33-30(26)34-27/h1-6,10-11,14-17,29H,7-9,12-13,18-24H2,(H,33,34)(H,35,39)(H,37,38). The number of anilines is 1. The maximum atomic E-state index is 12.3. The highest BCUT2D eigenvalue weighted by Gasteiger charge is 2.22. The van der Waals surface area contributed by atoms with E-state index in [1.165, 1.54) is 5.56 Å². The number of rotatable bonds is 16. The fraction of sp³-hybridized carbons (Fsp3) is 0.406. The lowest BCUT2D eigenvalue weighted by Crippen LogP contribution is -2.43. The number of nitrogens with zero attached hydrogens (tertiary/aromatic N) is 2. The van der Waals surface area contributed by atoms with Crippen LogP contribution in [0.3, 0.4) is 0 Å². The zero-order valence-electron chi connectivity index (χ0n) is 23.5. The smallest absolute Gasteiger partial charge is 0.408 e. The fourth-order valence-electron chi connectivity index (χ4n) is 4.77. The van der Waals surface area contributed by atoms with Crippen molar-refractivity contribution in [1.29, 1.82) is 0 Å². The van der Waals surface area contributed by atoms with Crippen LogP contribution in [0.1, 0.15) is 42.5 Å². The van der Waals surface area contributed by atoms with Crippen LogP contribution in [0, 0.1) is 0 Å². The van der Waals surface area contributed by atoms with E-state index >= 15 is 0 Å². The quantitative estimate of drug-likeness (QED) is 0.212. The van der Waals surface area contributed by atoms with Crippen LogP contribution in [0.4, 0.5) is 10.6 Å². The predicted octanol–water partition coefficient (Wildman–Crippen LogP) is 4.91. The number of benzene rings is 2. The van der Waals surface area contributed by atoms with Crippen molar-refractivity contribution in [2.24, 2.45) is 0 Å². The Balaban J connectivity index is 1.26. The molecule has 1 unspecified atom stereocenters. The molecule has 1 amide bonds. The number of para-hydroxylation sites is 1. The van der Waals surface area contributed by atoms with Crippen LogP contribution >= 0.6 is 0 Å². The van der Waals surface area contributed by atoms with Crippen LogP contribution in [-0.4, -0.2) is 65.9 Å². The molecule has 218 valence electrons. The van der Waals surface area contributed by atoms with Crippen LogP contribution in [-0.2, 0) is 29.0 Å². The molecule has 0 saturated heterocycles. The molecule has 3 N–H and O–H groups in total. The van der Waals surface area contributed by atoms with Gasteiger partial charge < -0.3 is 25.2 Å². The van der Waals surface area contributed by atoms with Crippen molar-refractivity contribution in [1.82, 2.24) is 15.2 Å². The first kappa shape index (κ1) is 29.9. The number of carbonyl (C=O) groups excluding carboxylic acids is 1. The van der Waals surface area contributed by atoms with Gasteiger partial charge in [0.05, 0.1) is 0 Å². The van der Waals surface area contributed by atoms with Crippen LogP contribution in [0.5, 0.6) is 5.75 Å². The Kier molecular flexibility index (Phi) is 11.8. The van der Waals surface area contributed by atoms with Crippen LogP contribution in [0.25, 0.3) is 0 Å². The highest BCUT2D eigenvalue weighted by molar-refractivity contribution is 5.79. The van der Waals surface area contributed by atoms with E-state index < -0.39 is 18.1 Å². The molecule has 2 aromatic carbocycles. The third-order valence-corrected chi connectivity index (χ3v) is 7.07. The third kappa shape index (κ3) is 10.4. The minimum Gasteiger partial charge on any atom is -0.492 e. The highest BCUT2D eigenvalue weighted by Crippen LogP contribution is 2.20. The van der Waals surface area contributed by atoms with Gasteiger partial charge in [-0.25, -0.2) is 14.6 Å². The van der Waals surface area contributed by atoms with E-state index in [0.29, 0.717) is 19.7 Å². The lowest BCUT2D eigenvalue weighted by atomic mass is 10.1. The molecule has 9 nitrogen and oxygen atoms in total. The van der Waals surface area contributed by atoms with E-state index in [1.807, 2.05) is 60.7 Å². The number of unbranched alkanes of at least 4 members (excludes halogenated alkanes) is 1. The van der Waals surface area contributed by atoms with Crippen molar-refractivity contribution in [2.45, 2.75) is 51.2 Å². The van der Waals surface area contributed by atoms with E-state index in [2.05, 4.69) is 27.7 Å². The summed E-state index contributed by atoms with van der Waals surface area (Å²) in [4.78, 5) is 31.2. The number of hydrogen-bond donors (Lipinski definition) is 3. The number of carboxylic acid groups (broad SMARTS) is 1. The average molecular weight is 561 g/mol. The summed E-state index contributed by atoms with van der Waals surface area (Å²) < 4.78 is 11.1. The van der Waals surface area contributed by atoms with Gasteiger partial charge in [0.15, 0.2) is 0 Å². The molecule has 9 heteroatoms. The molecule has 1 aliphatic heterocycles. The number of carbonyl (C=O) groups is 2. The molecule has 0 saturated carbocycles. The normalized spacial score (nSPS) is 13.1. The number of hydrogen-bond acceptors (Lipinski definition) is 7. The van der Waals surface area contributed by atoms with Gasteiger partial charge in [-0.2, -0.15) is 0 Å².